The van der Waals surface area contributed by atoms with Gasteiger partial charge < -0.3 is 14.2 Å². The van der Waals surface area contributed by atoms with Gasteiger partial charge in [0.25, 0.3) is 0 Å². The Morgan fingerprint density at radius 2 is 1.53 bits per heavy atom. The quantitative estimate of drug-likeness (QED) is 0.160. The van der Waals surface area contributed by atoms with Crippen LogP contribution in [0.1, 0.15) is 67.7 Å². The van der Waals surface area contributed by atoms with Gasteiger partial charge in [-0.25, -0.2) is 4.85 Å². The number of rotatable bonds is 10. The number of benzene rings is 3. The van der Waals surface area contributed by atoms with Crippen LogP contribution in [0.25, 0.3) is 16.0 Å². The topological polar surface area (TPSA) is 32.0 Å². The molecule has 0 radical (unpaired) electrons. The number of hydrogen-bond donors (Lipinski definition) is 0. The van der Waals surface area contributed by atoms with Gasteiger partial charge >= 0.3 is 0 Å². The Labute approximate surface area is 226 Å². The standard InChI is InChI=1S/C34H35NO3/c1-25-32-20-27(9-8-26-10-13-28(35-3)14-11-26)12-16-30(32)31-17-15-29(21-33(25)31)38-19-7-5-4-6-18-36-22-34(2)23-37-24-34/h10-17,20-21,25H,4-7,18-19,22-24H2,1-2H3. The Kier molecular flexibility index (Phi) is 8.14. The van der Waals surface area contributed by atoms with E-state index in [1.54, 1.807) is 0 Å². The van der Waals surface area contributed by atoms with Crippen molar-refractivity contribution in [2.24, 2.45) is 5.41 Å². The highest BCUT2D eigenvalue weighted by Crippen LogP contribution is 2.46. The van der Waals surface area contributed by atoms with E-state index in [0.29, 0.717) is 11.6 Å². The molecule has 1 atom stereocenters. The van der Waals surface area contributed by atoms with Crippen LogP contribution in [0.15, 0.2) is 60.7 Å². The zero-order valence-corrected chi connectivity index (χ0v) is 22.4. The number of fused-ring (bicyclic) bond motifs is 3. The van der Waals surface area contributed by atoms with Crippen LogP contribution in [0.2, 0.25) is 0 Å². The van der Waals surface area contributed by atoms with Gasteiger partial charge in [0.2, 0.25) is 0 Å². The molecule has 0 bridgehead atoms. The molecule has 1 unspecified atom stereocenters. The van der Waals surface area contributed by atoms with Crippen LogP contribution in [0.5, 0.6) is 5.75 Å². The average Bonchev–Trinajstić information content (AvgIpc) is 3.20. The van der Waals surface area contributed by atoms with E-state index < -0.39 is 0 Å². The van der Waals surface area contributed by atoms with Gasteiger partial charge in [-0.15, -0.1) is 0 Å². The Morgan fingerprint density at radius 1 is 0.868 bits per heavy atom. The molecule has 1 saturated heterocycles. The van der Waals surface area contributed by atoms with Crippen LogP contribution in [-0.4, -0.2) is 33.0 Å². The largest absolute Gasteiger partial charge is 0.494 e. The second-order valence-electron chi connectivity index (χ2n) is 10.8. The van der Waals surface area contributed by atoms with Crippen LogP contribution < -0.4 is 4.74 Å². The molecule has 1 aliphatic heterocycles. The third-order valence-electron chi connectivity index (χ3n) is 7.45. The zero-order valence-electron chi connectivity index (χ0n) is 22.4. The summed E-state index contributed by atoms with van der Waals surface area (Å²) < 4.78 is 17.2. The number of nitrogens with zero attached hydrogens (tertiary/aromatic N) is 1. The first-order valence-corrected chi connectivity index (χ1v) is 13.6. The summed E-state index contributed by atoms with van der Waals surface area (Å²) in [6.45, 7) is 15.6. The van der Waals surface area contributed by atoms with Crippen LogP contribution in [0.4, 0.5) is 5.69 Å². The molecular weight excluding hydrogens is 470 g/mol. The van der Waals surface area contributed by atoms with Crippen LogP contribution >= 0.6 is 0 Å². The van der Waals surface area contributed by atoms with Gasteiger partial charge in [0.15, 0.2) is 5.69 Å². The number of ether oxygens (including phenoxy) is 3. The lowest BCUT2D eigenvalue weighted by atomic mass is 9.90. The third kappa shape index (κ3) is 6.11. The molecule has 194 valence electrons. The van der Waals surface area contributed by atoms with Gasteiger partial charge in [-0.3, -0.25) is 0 Å². The second kappa shape index (κ2) is 11.9. The summed E-state index contributed by atoms with van der Waals surface area (Å²) in [7, 11) is 0. The maximum absolute atomic E-state index is 7.08. The van der Waals surface area contributed by atoms with E-state index in [9.17, 15) is 0 Å². The predicted molar refractivity (Wildman–Crippen MR) is 152 cm³/mol. The highest BCUT2D eigenvalue weighted by Gasteiger charge is 2.33. The smallest absolute Gasteiger partial charge is 0.187 e. The molecular formula is C34H35NO3. The molecule has 0 spiro atoms. The summed E-state index contributed by atoms with van der Waals surface area (Å²) in [4.78, 5) is 3.44. The minimum Gasteiger partial charge on any atom is -0.494 e. The van der Waals surface area contributed by atoms with Gasteiger partial charge in [-0.1, -0.05) is 68.5 Å². The van der Waals surface area contributed by atoms with E-state index >= 15 is 0 Å². The summed E-state index contributed by atoms with van der Waals surface area (Å²) in [5.74, 6) is 7.76. The first-order valence-electron chi connectivity index (χ1n) is 13.6. The zero-order chi connectivity index (χ0) is 26.4. The normalized spacial score (nSPS) is 16.4. The van der Waals surface area contributed by atoms with Gasteiger partial charge in [-0.2, -0.15) is 0 Å². The van der Waals surface area contributed by atoms with Crippen molar-refractivity contribution in [2.75, 3.05) is 33.0 Å². The fourth-order valence-electron chi connectivity index (χ4n) is 5.11. The first-order chi connectivity index (χ1) is 18.5. The Balaban J connectivity index is 1.10. The van der Waals surface area contributed by atoms with Crippen LogP contribution in [-0.2, 0) is 9.47 Å². The maximum Gasteiger partial charge on any atom is 0.187 e. The lowest BCUT2D eigenvalue weighted by Gasteiger charge is -2.37. The van der Waals surface area contributed by atoms with E-state index in [0.717, 1.165) is 69.2 Å². The summed E-state index contributed by atoms with van der Waals surface area (Å²) in [5.41, 5.74) is 8.00. The van der Waals surface area contributed by atoms with Crippen molar-refractivity contribution in [2.45, 2.75) is 45.4 Å². The van der Waals surface area contributed by atoms with Crippen molar-refractivity contribution in [1.82, 2.24) is 0 Å². The minimum atomic E-state index is 0.243. The summed E-state index contributed by atoms with van der Waals surface area (Å²) in [6.07, 6.45) is 4.49. The van der Waals surface area contributed by atoms with Crippen molar-refractivity contribution in [3.05, 3.63) is 94.3 Å². The summed E-state index contributed by atoms with van der Waals surface area (Å²) >= 11 is 0. The molecule has 5 rings (SSSR count). The molecule has 1 aliphatic carbocycles. The highest BCUT2D eigenvalue weighted by molar-refractivity contribution is 5.80. The maximum atomic E-state index is 7.08. The third-order valence-corrected chi connectivity index (χ3v) is 7.45. The Bertz CT molecular complexity index is 1370. The van der Waals surface area contributed by atoms with Crippen molar-refractivity contribution in [1.29, 1.82) is 0 Å². The Morgan fingerprint density at radius 3 is 2.24 bits per heavy atom. The molecule has 0 amide bonds. The van der Waals surface area contributed by atoms with Crippen molar-refractivity contribution in [3.8, 4) is 28.7 Å². The molecule has 4 heteroatoms. The summed E-state index contributed by atoms with van der Waals surface area (Å²) in [6, 6.07) is 20.4. The van der Waals surface area contributed by atoms with E-state index in [1.807, 2.05) is 24.3 Å². The van der Waals surface area contributed by atoms with E-state index in [1.165, 1.54) is 28.7 Å². The van der Waals surface area contributed by atoms with Gasteiger partial charge in [-0.05, 0) is 65.8 Å². The van der Waals surface area contributed by atoms with Crippen molar-refractivity contribution in [3.63, 3.8) is 0 Å². The second-order valence-corrected chi connectivity index (χ2v) is 10.8. The molecule has 3 aromatic carbocycles. The first kappa shape index (κ1) is 26.1. The average molecular weight is 506 g/mol. The van der Waals surface area contributed by atoms with Crippen molar-refractivity contribution >= 4 is 5.69 Å². The monoisotopic (exact) mass is 505 g/mol. The van der Waals surface area contributed by atoms with Crippen molar-refractivity contribution < 1.29 is 14.2 Å². The van der Waals surface area contributed by atoms with E-state index in [2.05, 4.69) is 66.9 Å². The lowest BCUT2D eigenvalue weighted by Crippen LogP contribution is -2.43. The van der Waals surface area contributed by atoms with E-state index in [-0.39, 0.29) is 5.41 Å². The molecule has 0 N–H and O–H groups in total. The molecule has 2 aliphatic rings. The Hall–Kier alpha value is -3.57. The fourth-order valence-corrected chi connectivity index (χ4v) is 5.11. The highest BCUT2D eigenvalue weighted by atomic mass is 16.5. The van der Waals surface area contributed by atoms with Gasteiger partial charge in [0, 0.05) is 29.1 Å². The minimum absolute atomic E-state index is 0.243. The van der Waals surface area contributed by atoms with Crippen LogP contribution in [0, 0.1) is 23.8 Å². The lowest BCUT2D eigenvalue weighted by molar-refractivity contribution is -0.137. The van der Waals surface area contributed by atoms with Gasteiger partial charge in [0.05, 0.1) is 33.0 Å². The predicted octanol–water partition coefficient (Wildman–Crippen LogP) is 7.76. The molecule has 3 aromatic rings. The fraction of sp³-hybridized carbons (Fsp3) is 0.382. The van der Waals surface area contributed by atoms with E-state index in [4.69, 9.17) is 20.8 Å². The molecule has 1 fully saturated rings. The molecule has 38 heavy (non-hydrogen) atoms. The van der Waals surface area contributed by atoms with Gasteiger partial charge in [0.1, 0.15) is 5.75 Å². The number of unbranched alkanes of at least 4 members (excludes halogenated alkanes) is 3. The van der Waals surface area contributed by atoms with Crippen LogP contribution in [0.3, 0.4) is 0 Å². The molecule has 1 heterocycles. The summed E-state index contributed by atoms with van der Waals surface area (Å²) in [5, 5.41) is 0. The molecule has 0 aromatic heterocycles. The molecule has 0 saturated carbocycles. The SMILES string of the molecule is [C-]#[N+]c1ccc(C#Cc2ccc3c(c2)C(C)c2cc(OCCCCCCOCC4(C)COC4)ccc2-3)cc1. The number of hydrogen-bond acceptors (Lipinski definition) is 3. The molecule has 4 nitrogen and oxygen atoms in total.